The molecule has 3 rings (SSSR count). The van der Waals surface area contributed by atoms with E-state index in [0.29, 0.717) is 0 Å². The number of hydrogen-bond donors (Lipinski definition) is 0. The highest BCUT2D eigenvalue weighted by Crippen LogP contribution is 2.31. The van der Waals surface area contributed by atoms with Gasteiger partial charge in [0, 0.05) is 11.3 Å². The van der Waals surface area contributed by atoms with Crippen molar-refractivity contribution in [1.82, 2.24) is 0 Å². The minimum Gasteiger partial charge on any atom is -0.470 e. The predicted octanol–water partition coefficient (Wildman–Crippen LogP) is 3.74. The van der Waals surface area contributed by atoms with Gasteiger partial charge in [-0.2, -0.15) is 0 Å². The lowest BCUT2D eigenvalue weighted by Gasteiger charge is -2.36. The number of benzene rings is 2. The van der Waals surface area contributed by atoms with Crippen LogP contribution in [0.2, 0.25) is 0 Å². The number of ether oxygens (including phenoxy) is 1. The molecule has 0 spiro atoms. The standard InChI is InChI=1S/C16H17NO/c1-12-8-9-16-14(10-12)11-17(13(2)18-16)15-6-4-3-5-7-15/h3-10,13H,11H2,1-2H3. The molecule has 2 nitrogen and oxygen atoms in total. The highest BCUT2D eigenvalue weighted by Gasteiger charge is 2.23. The van der Waals surface area contributed by atoms with E-state index in [1.54, 1.807) is 0 Å². The summed E-state index contributed by atoms with van der Waals surface area (Å²) in [7, 11) is 0. The minimum absolute atomic E-state index is 0.0719. The van der Waals surface area contributed by atoms with Gasteiger partial charge in [-0.15, -0.1) is 0 Å². The molecule has 0 aromatic heterocycles. The van der Waals surface area contributed by atoms with E-state index in [0.717, 1.165) is 12.3 Å². The van der Waals surface area contributed by atoms with Gasteiger partial charge in [-0.25, -0.2) is 0 Å². The van der Waals surface area contributed by atoms with E-state index in [1.165, 1.54) is 16.8 Å². The van der Waals surface area contributed by atoms with Gasteiger partial charge in [0.2, 0.25) is 0 Å². The summed E-state index contributed by atoms with van der Waals surface area (Å²) in [5.41, 5.74) is 3.74. The second-order valence-electron chi connectivity index (χ2n) is 4.79. The Labute approximate surface area is 108 Å². The van der Waals surface area contributed by atoms with Gasteiger partial charge >= 0.3 is 0 Å². The van der Waals surface area contributed by atoms with Gasteiger partial charge < -0.3 is 9.64 Å². The average Bonchev–Trinajstić information content (AvgIpc) is 2.39. The van der Waals surface area contributed by atoms with Crippen molar-refractivity contribution < 1.29 is 4.74 Å². The SMILES string of the molecule is Cc1ccc2c(c1)CN(c1ccccc1)C(C)O2. The fourth-order valence-electron chi connectivity index (χ4n) is 2.43. The third-order valence-corrected chi connectivity index (χ3v) is 3.38. The van der Waals surface area contributed by atoms with Crippen LogP contribution in [0, 0.1) is 6.92 Å². The number of rotatable bonds is 1. The summed E-state index contributed by atoms with van der Waals surface area (Å²) in [5.74, 6) is 1.01. The number of anilines is 1. The Hall–Kier alpha value is -1.96. The lowest BCUT2D eigenvalue weighted by atomic mass is 10.1. The molecular formula is C16H17NO. The Balaban J connectivity index is 1.96. The number of para-hydroxylation sites is 1. The Bertz CT molecular complexity index is 550. The van der Waals surface area contributed by atoms with Crippen LogP contribution in [0.4, 0.5) is 5.69 Å². The van der Waals surface area contributed by atoms with E-state index >= 15 is 0 Å². The van der Waals surface area contributed by atoms with E-state index in [2.05, 4.69) is 61.2 Å². The van der Waals surface area contributed by atoms with Crippen molar-refractivity contribution in [3.05, 3.63) is 59.7 Å². The van der Waals surface area contributed by atoms with Crippen LogP contribution in [0.15, 0.2) is 48.5 Å². The van der Waals surface area contributed by atoms with Crippen LogP contribution in [0.25, 0.3) is 0 Å². The van der Waals surface area contributed by atoms with Crippen LogP contribution in [-0.4, -0.2) is 6.23 Å². The predicted molar refractivity (Wildman–Crippen MR) is 73.9 cm³/mol. The molecule has 18 heavy (non-hydrogen) atoms. The minimum atomic E-state index is 0.0719. The number of aryl methyl sites for hydroxylation is 1. The van der Waals surface area contributed by atoms with Gasteiger partial charge in [-0.05, 0) is 32.0 Å². The molecule has 0 N–H and O–H groups in total. The zero-order valence-corrected chi connectivity index (χ0v) is 10.8. The number of hydrogen-bond acceptors (Lipinski definition) is 2. The number of fused-ring (bicyclic) bond motifs is 1. The topological polar surface area (TPSA) is 12.5 Å². The molecule has 0 saturated heterocycles. The van der Waals surface area contributed by atoms with E-state index in [9.17, 15) is 0 Å². The van der Waals surface area contributed by atoms with Crippen molar-refractivity contribution in [3.8, 4) is 5.75 Å². The van der Waals surface area contributed by atoms with E-state index in [-0.39, 0.29) is 6.23 Å². The molecule has 0 bridgehead atoms. The quantitative estimate of drug-likeness (QED) is 0.751. The summed E-state index contributed by atoms with van der Waals surface area (Å²) in [6, 6.07) is 16.8. The summed E-state index contributed by atoms with van der Waals surface area (Å²) >= 11 is 0. The lowest BCUT2D eigenvalue weighted by molar-refractivity contribution is 0.194. The summed E-state index contributed by atoms with van der Waals surface area (Å²) in [5, 5.41) is 0. The van der Waals surface area contributed by atoms with Gasteiger partial charge in [-0.3, -0.25) is 0 Å². The maximum absolute atomic E-state index is 5.98. The molecule has 1 aliphatic heterocycles. The van der Waals surface area contributed by atoms with E-state index in [4.69, 9.17) is 4.74 Å². The molecule has 92 valence electrons. The van der Waals surface area contributed by atoms with Crippen molar-refractivity contribution in [2.75, 3.05) is 4.90 Å². The number of nitrogens with zero attached hydrogens (tertiary/aromatic N) is 1. The van der Waals surface area contributed by atoms with Crippen LogP contribution < -0.4 is 9.64 Å². The molecule has 2 aromatic rings. The third-order valence-electron chi connectivity index (χ3n) is 3.38. The Morgan fingerprint density at radius 3 is 2.67 bits per heavy atom. The third kappa shape index (κ3) is 1.94. The fraction of sp³-hybridized carbons (Fsp3) is 0.250. The van der Waals surface area contributed by atoms with Gasteiger partial charge in [0.25, 0.3) is 0 Å². The summed E-state index contributed by atoms with van der Waals surface area (Å²) in [6.45, 7) is 5.11. The molecule has 0 saturated carbocycles. The van der Waals surface area contributed by atoms with Crippen LogP contribution in [0.5, 0.6) is 5.75 Å². The second-order valence-corrected chi connectivity index (χ2v) is 4.79. The van der Waals surface area contributed by atoms with Gasteiger partial charge in [0.1, 0.15) is 5.75 Å². The molecule has 1 aliphatic rings. The zero-order valence-electron chi connectivity index (χ0n) is 10.8. The van der Waals surface area contributed by atoms with Crippen LogP contribution in [-0.2, 0) is 6.54 Å². The van der Waals surface area contributed by atoms with Gasteiger partial charge in [-0.1, -0.05) is 35.9 Å². The summed E-state index contributed by atoms with van der Waals surface area (Å²) in [6.07, 6.45) is 0.0719. The Morgan fingerprint density at radius 2 is 1.89 bits per heavy atom. The highest BCUT2D eigenvalue weighted by atomic mass is 16.5. The first kappa shape index (κ1) is 11.1. The van der Waals surface area contributed by atoms with Crippen LogP contribution in [0.1, 0.15) is 18.1 Å². The monoisotopic (exact) mass is 239 g/mol. The van der Waals surface area contributed by atoms with Crippen molar-refractivity contribution in [2.45, 2.75) is 26.6 Å². The highest BCUT2D eigenvalue weighted by molar-refractivity contribution is 5.51. The van der Waals surface area contributed by atoms with Crippen molar-refractivity contribution in [1.29, 1.82) is 0 Å². The first-order valence-corrected chi connectivity index (χ1v) is 6.32. The summed E-state index contributed by atoms with van der Waals surface area (Å²) < 4.78 is 5.98. The maximum Gasteiger partial charge on any atom is 0.169 e. The molecule has 1 atom stereocenters. The molecule has 0 radical (unpaired) electrons. The lowest BCUT2D eigenvalue weighted by Crippen LogP contribution is -2.40. The van der Waals surface area contributed by atoms with Gasteiger partial charge in [0.05, 0.1) is 6.54 Å². The van der Waals surface area contributed by atoms with Gasteiger partial charge in [0.15, 0.2) is 6.23 Å². The molecule has 1 heterocycles. The molecule has 1 unspecified atom stereocenters. The fourth-order valence-corrected chi connectivity index (χ4v) is 2.43. The zero-order chi connectivity index (χ0) is 12.5. The summed E-state index contributed by atoms with van der Waals surface area (Å²) in [4.78, 5) is 2.28. The van der Waals surface area contributed by atoms with E-state index < -0.39 is 0 Å². The van der Waals surface area contributed by atoms with Crippen LogP contribution >= 0.6 is 0 Å². The van der Waals surface area contributed by atoms with E-state index in [1.807, 2.05) is 6.07 Å². The Morgan fingerprint density at radius 1 is 1.11 bits per heavy atom. The largest absolute Gasteiger partial charge is 0.470 e. The molecule has 0 fully saturated rings. The van der Waals surface area contributed by atoms with Crippen molar-refractivity contribution >= 4 is 5.69 Å². The second kappa shape index (κ2) is 4.37. The van der Waals surface area contributed by atoms with Crippen LogP contribution in [0.3, 0.4) is 0 Å². The first-order valence-electron chi connectivity index (χ1n) is 6.32. The molecular weight excluding hydrogens is 222 g/mol. The Kier molecular flexibility index (Phi) is 2.71. The first-order chi connectivity index (χ1) is 8.74. The molecule has 0 amide bonds. The molecule has 2 heteroatoms. The van der Waals surface area contributed by atoms with Crippen molar-refractivity contribution in [2.24, 2.45) is 0 Å². The normalized spacial score (nSPS) is 18.1. The van der Waals surface area contributed by atoms with Crippen molar-refractivity contribution in [3.63, 3.8) is 0 Å². The molecule has 0 aliphatic carbocycles. The maximum atomic E-state index is 5.98. The average molecular weight is 239 g/mol. The smallest absolute Gasteiger partial charge is 0.169 e. The molecule has 2 aromatic carbocycles.